The van der Waals surface area contributed by atoms with Gasteiger partial charge in [-0.2, -0.15) is 0 Å². The number of thioether (sulfide) groups is 2. The minimum Gasteiger partial charge on any atom is -0.373 e. The molecule has 0 spiro atoms. The zero-order chi connectivity index (χ0) is 20.4. The molecule has 0 N–H and O–H groups in total. The van der Waals surface area contributed by atoms with Gasteiger partial charge in [0.1, 0.15) is 0 Å². The molecule has 0 aliphatic rings. The molecule has 0 aliphatic carbocycles. The lowest BCUT2D eigenvalue weighted by molar-refractivity contribution is -0.113. The van der Waals surface area contributed by atoms with Gasteiger partial charge >= 0.3 is 0 Å². The van der Waals surface area contributed by atoms with Gasteiger partial charge in [-0.1, -0.05) is 44.0 Å². The first-order valence-electron chi connectivity index (χ1n) is 9.13. The molecule has 0 aromatic carbocycles. The van der Waals surface area contributed by atoms with E-state index in [-0.39, 0.29) is 27.4 Å². The second kappa shape index (κ2) is 12.2. The van der Waals surface area contributed by atoms with Crippen molar-refractivity contribution in [2.45, 2.75) is 72.5 Å². The van der Waals surface area contributed by atoms with E-state index in [4.69, 9.17) is 9.47 Å². The standard InChI is InChI=1S/C20H36O4S2/c1-15(2)17(21)25-13-9-19(5,6)23-11-12-24-20(7,8)10-14-26-18(22)16(3)4/h16H,1,9-14H2,2-8H3. The van der Waals surface area contributed by atoms with E-state index < -0.39 is 0 Å². The van der Waals surface area contributed by atoms with Crippen molar-refractivity contribution in [2.75, 3.05) is 24.7 Å². The molecule has 4 nitrogen and oxygen atoms in total. The second-order valence-electron chi connectivity index (χ2n) is 7.95. The van der Waals surface area contributed by atoms with Crippen molar-refractivity contribution < 1.29 is 19.1 Å². The number of carbonyl (C=O) groups excluding carboxylic acids is 2. The van der Waals surface area contributed by atoms with Crippen LogP contribution < -0.4 is 0 Å². The maximum atomic E-state index is 11.6. The molecule has 0 aliphatic heterocycles. The Morgan fingerprint density at radius 3 is 1.73 bits per heavy atom. The first-order chi connectivity index (χ1) is 11.9. The SMILES string of the molecule is C=C(C)C(=O)SCCC(C)(C)OCCOC(C)(C)CCSC(=O)C(C)C. The fourth-order valence-electron chi connectivity index (χ4n) is 1.86. The Balaban J connectivity index is 3.97. The molecule has 0 amide bonds. The normalized spacial score (nSPS) is 12.5. The third-order valence-electron chi connectivity index (χ3n) is 3.77. The summed E-state index contributed by atoms with van der Waals surface area (Å²) >= 11 is 2.67. The summed E-state index contributed by atoms with van der Waals surface area (Å²) < 4.78 is 11.8. The number of ether oxygens (including phenoxy) is 2. The Kier molecular flexibility index (Phi) is 12.1. The van der Waals surface area contributed by atoms with Crippen LogP contribution in [0, 0.1) is 5.92 Å². The van der Waals surface area contributed by atoms with Crippen molar-refractivity contribution in [1.82, 2.24) is 0 Å². The third kappa shape index (κ3) is 13.0. The summed E-state index contributed by atoms with van der Waals surface area (Å²) in [5, 5.41) is 0.272. The topological polar surface area (TPSA) is 52.6 Å². The van der Waals surface area contributed by atoms with Gasteiger partial charge in [-0.05, 0) is 53.0 Å². The van der Waals surface area contributed by atoms with Gasteiger partial charge in [-0.25, -0.2) is 0 Å². The highest BCUT2D eigenvalue weighted by atomic mass is 32.2. The Hall–Kier alpha value is -0.300. The minimum atomic E-state index is -0.296. The molecule has 0 fully saturated rings. The van der Waals surface area contributed by atoms with E-state index in [9.17, 15) is 9.59 Å². The maximum absolute atomic E-state index is 11.6. The summed E-state index contributed by atoms with van der Waals surface area (Å²) in [5.41, 5.74) is 0.00862. The molecule has 0 bridgehead atoms. The van der Waals surface area contributed by atoms with Crippen LogP contribution in [0.4, 0.5) is 0 Å². The van der Waals surface area contributed by atoms with Crippen LogP contribution in [-0.2, 0) is 19.1 Å². The Labute approximate surface area is 168 Å². The molecule has 0 unspecified atom stereocenters. The van der Waals surface area contributed by atoms with Crippen LogP contribution in [0.5, 0.6) is 0 Å². The summed E-state index contributed by atoms with van der Waals surface area (Å²) in [5.74, 6) is 1.56. The van der Waals surface area contributed by atoms with Gasteiger partial charge < -0.3 is 9.47 Å². The maximum Gasteiger partial charge on any atom is 0.214 e. The van der Waals surface area contributed by atoms with E-state index in [1.54, 1.807) is 6.92 Å². The van der Waals surface area contributed by atoms with Crippen LogP contribution in [0.15, 0.2) is 12.2 Å². The van der Waals surface area contributed by atoms with Gasteiger partial charge in [-0.3, -0.25) is 9.59 Å². The average molecular weight is 405 g/mol. The Bertz CT molecular complexity index is 470. The summed E-state index contributed by atoms with van der Waals surface area (Å²) in [4.78, 5) is 23.2. The highest BCUT2D eigenvalue weighted by Gasteiger charge is 2.22. The van der Waals surface area contributed by atoms with Crippen LogP contribution in [0.25, 0.3) is 0 Å². The fourth-order valence-corrected chi connectivity index (χ4v) is 4.01. The molecule has 0 heterocycles. The largest absolute Gasteiger partial charge is 0.373 e. The molecular formula is C20H36O4S2. The quantitative estimate of drug-likeness (QED) is 0.314. The van der Waals surface area contributed by atoms with Crippen LogP contribution in [0.3, 0.4) is 0 Å². The van der Waals surface area contributed by atoms with Crippen LogP contribution >= 0.6 is 23.5 Å². The molecule has 0 radical (unpaired) electrons. The Morgan fingerprint density at radius 2 is 1.35 bits per heavy atom. The van der Waals surface area contributed by atoms with Gasteiger partial charge in [0.2, 0.25) is 5.12 Å². The fraction of sp³-hybridized carbons (Fsp3) is 0.800. The molecule has 0 atom stereocenters. The first-order valence-corrected chi connectivity index (χ1v) is 11.1. The van der Waals surface area contributed by atoms with E-state index >= 15 is 0 Å². The van der Waals surface area contributed by atoms with E-state index in [1.807, 2.05) is 41.5 Å². The van der Waals surface area contributed by atoms with Crippen molar-refractivity contribution in [1.29, 1.82) is 0 Å². The molecule has 6 heteroatoms. The zero-order valence-corrected chi connectivity index (χ0v) is 19.1. The van der Waals surface area contributed by atoms with Crippen LogP contribution in [0.1, 0.15) is 61.3 Å². The zero-order valence-electron chi connectivity index (χ0n) is 17.5. The Morgan fingerprint density at radius 1 is 0.923 bits per heavy atom. The summed E-state index contributed by atoms with van der Waals surface area (Å²) in [6, 6.07) is 0. The lowest BCUT2D eigenvalue weighted by Gasteiger charge is -2.28. The molecule has 0 rings (SSSR count). The van der Waals surface area contributed by atoms with Crippen LogP contribution in [0.2, 0.25) is 0 Å². The van der Waals surface area contributed by atoms with Crippen molar-refractivity contribution >= 4 is 33.8 Å². The van der Waals surface area contributed by atoms with Gasteiger partial charge in [-0.15, -0.1) is 0 Å². The average Bonchev–Trinajstić information content (AvgIpc) is 2.50. The minimum absolute atomic E-state index is 0.0414. The first kappa shape index (κ1) is 25.7. The number of rotatable bonds is 13. The monoisotopic (exact) mass is 404 g/mol. The number of hydrogen-bond donors (Lipinski definition) is 0. The lowest BCUT2D eigenvalue weighted by Crippen LogP contribution is -2.31. The van der Waals surface area contributed by atoms with Crippen molar-refractivity contribution in [3.63, 3.8) is 0 Å². The molecule has 0 aromatic rings. The van der Waals surface area contributed by atoms with Gasteiger partial charge in [0.15, 0.2) is 5.12 Å². The smallest absolute Gasteiger partial charge is 0.214 e. The van der Waals surface area contributed by atoms with Gasteiger partial charge in [0.05, 0.1) is 24.4 Å². The number of hydrogen-bond acceptors (Lipinski definition) is 6. The van der Waals surface area contributed by atoms with E-state index in [1.165, 1.54) is 23.5 Å². The summed E-state index contributed by atoms with van der Waals surface area (Å²) in [7, 11) is 0. The van der Waals surface area contributed by atoms with Crippen molar-refractivity contribution in [3.8, 4) is 0 Å². The molecular weight excluding hydrogens is 368 g/mol. The van der Waals surface area contributed by atoms with Crippen LogP contribution in [-0.4, -0.2) is 46.2 Å². The predicted octanol–water partition coefficient (Wildman–Crippen LogP) is 5.11. The predicted molar refractivity (Wildman–Crippen MR) is 114 cm³/mol. The molecule has 0 saturated heterocycles. The van der Waals surface area contributed by atoms with Crippen molar-refractivity contribution in [3.05, 3.63) is 12.2 Å². The summed E-state index contributed by atoms with van der Waals surface area (Å²) in [6.07, 6.45) is 1.60. The van der Waals surface area contributed by atoms with Crippen molar-refractivity contribution in [2.24, 2.45) is 5.92 Å². The number of carbonyl (C=O) groups is 2. The molecule has 0 saturated carbocycles. The lowest BCUT2D eigenvalue weighted by atomic mass is 10.1. The van der Waals surface area contributed by atoms with E-state index in [2.05, 4.69) is 6.58 Å². The molecule has 26 heavy (non-hydrogen) atoms. The molecule has 0 aromatic heterocycles. The molecule has 152 valence electrons. The van der Waals surface area contributed by atoms with Gasteiger partial charge in [0.25, 0.3) is 0 Å². The second-order valence-corrected chi connectivity index (χ2v) is 10.1. The summed E-state index contributed by atoms with van der Waals surface area (Å²) in [6.45, 7) is 18.4. The van der Waals surface area contributed by atoms with Gasteiger partial charge in [0, 0.05) is 17.4 Å². The van der Waals surface area contributed by atoms with E-state index in [0.717, 1.165) is 18.6 Å². The van der Waals surface area contributed by atoms with E-state index in [0.29, 0.717) is 24.5 Å². The highest BCUT2D eigenvalue weighted by molar-refractivity contribution is 8.14. The third-order valence-corrected chi connectivity index (χ3v) is 5.96. The highest BCUT2D eigenvalue weighted by Crippen LogP contribution is 2.22.